The van der Waals surface area contributed by atoms with Crippen molar-refractivity contribution in [2.24, 2.45) is 27.1 Å². The third-order valence-electron chi connectivity index (χ3n) is 5.98. The summed E-state index contributed by atoms with van der Waals surface area (Å²) in [7, 11) is 0.976. The lowest BCUT2D eigenvalue weighted by Gasteiger charge is -2.15. The van der Waals surface area contributed by atoms with E-state index in [-0.39, 0.29) is 22.2 Å². The predicted molar refractivity (Wildman–Crippen MR) is 138 cm³/mol. The lowest BCUT2D eigenvalue weighted by molar-refractivity contribution is 0.288. The topological polar surface area (TPSA) is 109 Å². The van der Waals surface area contributed by atoms with Crippen molar-refractivity contribution in [1.29, 1.82) is 0 Å². The van der Waals surface area contributed by atoms with E-state index in [1.165, 1.54) is 15.3 Å². The number of fused-ring (bicyclic) bond motifs is 1. The number of sulfonamides is 1. The van der Waals surface area contributed by atoms with Crippen molar-refractivity contribution in [2.45, 2.75) is 32.2 Å². The number of benzene rings is 2. The van der Waals surface area contributed by atoms with Gasteiger partial charge in [0.15, 0.2) is 10.8 Å². The Kier molecular flexibility index (Phi) is 6.85. The Balaban J connectivity index is 1.74. The number of aryl methyl sites for hydroxylation is 4. The Labute approximate surface area is 210 Å². The van der Waals surface area contributed by atoms with Gasteiger partial charge in [0.05, 0.1) is 23.3 Å². The zero-order valence-electron chi connectivity index (χ0n) is 21.3. The third-order valence-corrected chi connectivity index (χ3v) is 7.21. The van der Waals surface area contributed by atoms with Crippen molar-refractivity contribution in [3.8, 4) is 17.2 Å². The number of nitrogens with zero attached hydrogens (tertiary/aromatic N) is 4. The molecule has 0 aliphatic carbocycles. The van der Waals surface area contributed by atoms with Crippen LogP contribution in [-0.4, -0.2) is 33.7 Å². The number of anilines is 1. The van der Waals surface area contributed by atoms with E-state index in [9.17, 15) is 13.2 Å². The van der Waals surface area contributed by atoms with Gasteiger partial charge in [0.1, 0.15) is 17.3 Å². The van der Waals surface area contributed by atoms with E-state index >= 15 is 0 Å². The van der Waals surface area contributed by atoms with Crippen molar-refractivity contribution >= 4 is 26.7 Å². The van der Waals surface area contributed by atoms with Gasteiger partial charge >= 0.3 is 5.69 Å². The summed E-state index contributed by atoms with van der Waals surface area (Å²) in [6, 6.07) is 10.4. The molecule has 2 aromatic heterocycles. The van der Waals surface area contributed by atoms with Crippen molar-refractivity contribution < 1.29 is 17.9 Å². The number of nitrogens with one attached hydrogen (secondary N) is 1. The molecule has 0 aliphatic rings. The van der Waals surface area contributed by atoms with Crippen molar-refractivity contribution in [3.63, 3.8) is 0 Å². The Morgan fingerprint density at radius 1 is 1.03 bits per heavy atom. The van der Waals surface area contributed by atoms with Crippen molar-refractivity contribution in [3.05, 3.63) is 58.9 Å². The standard InChI is InChI=1S/C25H31N5O5S/c1-16(2)10-11-34-18-8-7-9-19(12-18)35-23-14-22-21(29(5)25(31)30(22)6)13-20(23)27-36(32,33)24-15-28(4)17(3)26-24/h7-9,12-16,27H,10-11H2,1-6H3. The Bertz CT molecular complexity index is 1560. The van der Waals surface area contributed by atoms with Crippen LogP contribution in [0.3, 0.4) is 0 Å². The fourth-order valence-corrected chi connectivity index (χ4v) is 4.81. The van der Waals surface area contributed by atoms with Gasteiger partial charge < -0.3 is 14.0 Å². The van der Waals surface area contributed by atoms with Gasteiger partial charge in [-0.1, -0.05) is 19.9 Å². The van der Waals surface area contributed by atoms with Gasteiger partial charge in [-0.25, -0.2) is 9.78 Å². The molecule has 0 aliphatic heterocycles. The molecule has 4 rings (SSSR count). The van der Waals surface area contributed by atoms with Crippen LogP contribution in [0.4, 0.5) is 5.69 Å². The molecular weight excluding hydrogens is 482 g/mol. The van der Waals surface area contributed by atoms with E-state index in [0.29, 0.717) is 40.9 Å². The Morgan fingerprint density at radius 2 is 1.69 bits per heavy atom. The van der Waals surface area contributed by atoms with Crippen LogP contribution in [0.1, 0.15) is 26.1 Å². The van der Waals surface area contributed by atoms with Gasteiger partial charge in [-0.2, -0.15) is 8.42 Å². The molecule has 2 aromatic carbocycles. The maximum absolute atomic E-state index is 13.2. The normalized spacial score (nSPS) is 11.9. The lowest BCUT2D eigenvalue weighted by atomic mass is 10.1. The van der Waals surface area contributed by atoms with Crippen molar-refractivity contribution in [1.82, 2.24) is 18.7 Å². The SMILES string of the molecule is Cc1nc(S(=O)(=O)Nc2cc3c(cc2Oc2cccc(OCCC(C)C)c2)n(C)c(=O)n3C)cn1C. The highest BCUT2D eigenvalue weighted by Gasteiger charge is 2.23. The highest BCUT2D eigenvalue weighted by atomic mass is 32.2. The molecule has 1 N–H and O–H groups in total. The maximum atomic E-state index is 13.2. The monoisotopic (exact) mass is 513 g/mol. The highest BCUT2D eigenvalue weighted by Crippen LogP contribution is 2.36. The smallest absolute Gasteiger partial charge is 0.328 e. The van der Waals surface area contributed by atoms with E-state index < -0.39 is 10.0 Å². The summed E-state index contributed by atoms with van der Waals surface area (Å²) in [6.45, 7) is 6.55. The number of rotatable bonds is 9. The average Bonchev–Trinajstić information content (AvgIpc) is 3.26. The van der Waals surface area contributed by atoms with E-state index in [1.807, 2.05) is 6.07 Å². The number of hydrogen-bond acceptors (Lipinski definition) is 6. The van der Waals surface area contributed by atoms with E-state index in [1.54, 1.807) is 63.0 Å². The number of aromatic nitrogens is 4. The van der Waals surface area contributed by atoms with Crippen LogP contribution in [0.5, 0.6) is 17.2 Å². The second kappa shape index (κ2) is 9.73. The lowest BCUT2D eigenvalue weighted by Crippen LogP contribution is -2.19. The number of hydrogen-bond donors (Lipinski definition) is 1. The van der Waals surface area contributed by atoms with Crippen LogP contribution >= 0.6 is 0 Å². The molecule has 2 heterocycles. The first kappa shape index (κ1) is 25.4. The molecular formula is C25H31N5O5S. The summed E-state index contributed by atoms with van der Waals surface area (Å²) in [4.78, 5) is 16.7. The Hall–Kier alpha value is -3.73. The number of imidazole rings is 2. The quantitative estimate of drug-likeness (QED) is 0.363. The molecule has 0 amide bonds. The van der Waals surface area contributed by atoms with Crippen LogP contribution in [0, 0.1) is 12.8 Å². The van der Waals surface area contributed by atoms with Gasteiger partial charge in [0, 0.05) is 39.5 Å². The molecule has 0 spiro atoms. The van der Waals surface area contributed by atoms with E-state index in [2.05, 4.69) is 23.6 Å². The zero-order chi connectivity index (χ0) is 26.2. The van der Waals surface area contributed by atoms with E-state index in [4.69, 9.17) is 9.47 Å². The zero-order valence-corrected chi connectivity index (χ0v) is 22.1. The first-order valence-corrected chi connectivity index (χ1v) is 13.1. The van der Waals surface area contributed by atoms with Crippen LogP contribution < -0.4 is 19.9 Å². The minimum Gasteiger partial charge on any atom is -0.493 e. The molecule has 11 heteroatoms. The third kappa shape index (κ3) is 5.11. The van der Waals surface area contributed by atoms with Gasteiger partial charge in [-0.15, -0.1) is 0 Å². The Morgan fingerprint density at radius 3 is 2.33 bits per heavy atom. The van der Waals surface area contributed by atoms with E-state index in [0.717, 1.165) is 6.42 Å². The molecule has 0 radical (unpaired) electrons. The maximum Gasteiger partial charge on any atom is 0.328 e. The summed E-state index contributed by atoms with van der Waals surface area (Å²) < 4.78 is 45.4. The minimum atomic E-state index is -4.02. The van der Waals surface area contributed by atoms with Gasteiger partial charge in [-0.3, -0.25) is 13.9 Å². The first-order chi connectivity index (χ1) is 17.0. The molecule has 0 saturated heterocycles. The largest absolute Gasteiger partial charge is 0.493 e. The molecule has 0 saturated carbocycles. The highest BCUT2D eigenvalue weighted by molar-refractivity contribution is 7.92. The minimum absolute atomic E-state index is 0.115. The summed E-state index contributed by atoms with van der Waals surface area (Å²) in [5.74, 6) is 2.42. The first-order valence-electron chi connectivity index (χ1n) is 11.6. The summed E-state index contributed by atoms with van der Waals surface area (Å²) >= 11 is 0. The predicted octanol–water partition coefficient (Wildman–Crippen LogP) is 3.94. The molecule has 0 bridgehead atoms. The fourth-order valence-electron chi connectivity index (χ4n) is 3.71. The molecule has 192 valence electrons. The molecule has 0 unspecified atom stereocenters. The van der Waals surface area contributed by atoms with Crippen LogP contribution in [-0.2, 0) is 31.2 Å². The van der Waals surface area contributed by atoms with Gasteiger partial charge in [0.2, 0.25) is 0 Å². The molecule has 4 aromatic rings. The van der Waals surface area contributed by atoms with Crippen LogP contribution in [0.25, 0.3) is 11.0 Å². The molecule has 0 fully saturated rings. The summed E-state index contributed by atoms with van der Waals surface area (Å²) in [5.41, 5.74) is 1.09. The van der Waals surface area contributed by atoms with Crippen molar-refractivity contribution in [2.75, 3.05) is 11.3 Å². The number of ether oxygens (including phenoxy) is 2. The van der Waals surface area contributed by atoms with Crippen LogP contribution in [0.2, 0.25) is 0 Å². The average molecular weight is 514 g/mol. The summed E-state index contributed by atoms with van der Waals surface area (Å²) in [5, 5.41) is -0.115. The second-order valence-electron chi connectivity index (χ2n) is 9.19. The summed E-state index contributed by atoms with van der Waals surface area (Å²) in [6.07, 6.45) is 2.36. The van der Waals surface area contributed by atoms with Gasteiger partial charge in [-0.05, 0) is 37.5 Å². The fraction of sp³-hybridized carbons (Fsp3) is 0.360. The molecule has 36 heavy (non-hydrogen) atoms. The van der Waals surface area contributed by atoms with Crippen LogP contribution in [0.15, 0.2) is 52.4 Å². The van der Waals surface area contributed by atoms with Gasteiger partial charge in [0.25, 0.3) is 10.0 Å². The molecule has 0 atom stereocenters. The second-order valence-corrected chi connectivity index (χ2v) is 10.8. The molecule has 10 nitrogen and oxygen atoms in total.